The number of nitriles is 2. The summed E-state index contributed by atoms with van der Waals surface area (Å²) in [5, 5.41) is 14.4. The van der Waals surface area contributed by atoms with Crippen molar-refractivity contribution >= 4 is 0 Å². The average molecular weight is 257 g/mol. The molecule has 9 heavy (non-hydrogen) atoms. The molecule has 0 rings (SSSR count). The molecule has 0 spiro atoms. The molecule has 2 nitrogen and oxygen atoms in total. The molecule has 0 radical (unpaired) electrons. The third-order valence-corrected chi connectivity index (χ3v) is 0. The number of nitrogens with zero attached hydrogens (tertiary/aromatic N) is 2. The second kappa shape index (κ2) is 100. The van der Waals surface area contributed by atoms with Crippen molar-refractivity contribution in [3.63, 3.8) is 0 Å². The first-order valence-electron chi connectivity index (χ1n) is 1.15. The second-order valence-corrected chi connectivity index (χ2v) is 0.316. The Kier molecular flexibility index (Phi) is 403. The third kappa shape index (κ3) is 200000. The summed E-state index contributed by atoms with van der Waals surface area (Å²) in [6.07, 6.45) is 0. The maximum absolute atomic E-state index is 7.21. The fourth-order valence-corrected chi connectivity index (χ4v) is 0. The molecule has 0 saturated carbocycles. The normalized spacial score (nSPS) is 1.56. The Bertz CT molecular complexity index is 71.5. The summed E-state index contributed by atoms with van der Waals surface area (Å²) < 4.78 is 0. The molecule has 0 aliphatic carbocycles. The molecule has 0 aromatic heterocycles. The summed E-state index contributed by atoms with van der Waals surface area (Å²) in [6.45, 7) is 5.58. The quantitative estimate of drug-likeness (QED) is 0.321. The molecular weight excluding hydrogens is 253 g/mol. The minimum Gasteiger partial charge on any atom is -1.00 e. The van der Waals surface area contributed by atoms with E-state index in [1.54, 1.807) is 0 Å². The maximum atomic E-state index is 7.21. The summed E-state index contributed by atoms with van der Waals surface area (Å²) in [5.41, 5.74) is 0. The molecule has 5 heteroatoms. The van der Waals surface area contributed by atoms with Crippen LogP contribution in [-0.4, -0.2) is 0 Å². The van der Waals surface area contributed by atoms with Crippen molar-refractivity contribution in [2.45, 2.75) is 0 Å². The predicted octanol–water partition coefficient (Wildman–Crippen LogP) is -5.31. The summed E-state index contributed by atoms with van der Waals surface area (Å²) in [4.78, 5) is 0. The van der Waals surface area contributed by atoms with Gasteiger partial charge in [-0.15, -0.1) is 12.1 Å². The van der Waals surface area contributed by atoms with Crippen LogP contribution in [-0.2, 0) is 20.4 Å². The molecule has 0 aromatic rings. The van der Waals surface area contributed by atoms with E-state index in [9.17, 15) is 0 Å². The van der Waals surface area contributed by atoms with Crippen LogP contribution in [0.15, 0.2) is 0 Å². The Morgan fingerprint density at radius 1 is 0.889 bits per heavy atom. The first-order valence-corrected chi connectivity index (χ1v) is 1.15. The van der Waals surface area contributed by atoms with Crippen LogP contribution in [0.1, 0.15) is 0 Å². The molecule has 0 atom stereocenters. The van der Waals surface area contributed by atoms with Gasteiger partial charge in [0.2, 0.25) is 0 Å². The summed E-state index contributed by atoms with van der Waals surface area (Å²) in [6, 6.07) is 3.00. The van der Waals surface area contributed by atoms with E-state index < -0.39 is 0 Å². The Hall–Kier alpha value is -0.0377. The van der Waals surface area contributed by atoms with E-state index in [4.69, 9.17) is 10.5 Å². The van der Waals surface area contributed by atoms with Crippen LogP contribution in [0.4, 0.5) is 0 Å². The summed E-state index contributed by atoms with van der Waals surface area (Å²) in [5.74, 6) is 0. The number of hydrogen-bond acceptors (Lipinski definition) is 2. The van der Waals surface area contributed by atoms with Gasteiger partial charge in [-0.25, -0.2) is 10.5 Å². The zero-order valence-electron chi connectivity index (χ0n) is 4.38. The van der Waals surface area contributed by atoms with Gasteiger partial charge in [-0.3, -0.25) is 0 Å². The van der Waals surface area contributed by atoms with Crippen molar-refractivity contribution < 1.29 is 45.2 Å². The molecule has 0 heterocycles. The van der Waals surface area contributed by atoms with Crippen LogP contribution in [0.25, 0.3) is 0 Å². The topological polar surface area (TPSA) is 47.6 Å². The van der Waals surface area contributed by atoms with E-state index in [1.807, 2.05) is 0 Å². The second-order valence-electron chi connectivity index (χ2n) is 0.316. The van der Waals surface area contributed by atoms with Crippen LogP contribution in [0.5, 0.6) is 0 Å². The van der Waals surface area contributed by atoms with Gasteiger partial charge in [0.25, 0.3) is 0 Å². The molecule has 0 aromatic carbocycles. The Balaban J connectivity index is -0.00000000889. The standard InChI is InChI=1S/2C2H2N.2ClH.Pd/c2*1-2-3;;;/h2*1H2;2*1H;/q2*-1;;;+2/p-2. The smallest absolute Gasteiger partial charge is 1.00 e. The molecule has 0 fully saturated rings. The molecule has 0 aliphatic heterocycles. The van der Waals surface area contributed by atoms with Gasteiger partial charge < -0.3 is 38.7 Å². The van der Waals surface area contributed by atoms with Gasteiger partial charge in [-0.2, -0.15) is 0 Å². The van der Waals surface area contributed by atoms with E-state index in [0.29, 0.717) is 0 Å². The van der Waals surface area contributed by atoms with Crippen LogP contribution in [0, 0.1) is 36.5 Å². The Labute approximate surface area is 81.7 Å². The molecule has 0 unspecified atom stereocenters. The van der Waals surface area contributed by atoms with E-state index in [1.165, 1.54) is 12.1 Å². The predicted molar refractivity (Wildman–Crippen MR) is 21.9 cm³/mol. The van der Waals surface area contributed by atoms with Gasteiger partial charge in [0, 0.05) is 0 Å². The minimum absolute atomic E-state index is 0. The van der Waals surface area contributed by atoms with E-state index >= 15 is 0 Å². The molecule has 0 aliphatic rings. The zero-order valence-corrected chi connectivity index (χ0v) is 7.45. The Morgan fingerprint density at radius 2 is 0.889 bits per heavy atom. The number of hydrogen-bond donors (Lipinski definition) is 0. The van der Waals surface area contributed by atoms with Crippen molar-refractivity contribution in [2.24, 2.45) is 0 Å². The van der Waals surface area contributed by atoms with Crippen molar-refractivity contribution in [3.05, 3.63) is 13.8 Å². The molecule has 56 valence electrons. The van der Waals surface area contributed by atoms with Crippen molar-refractivity contribution in [2.75, 3.05) is 0 Å². The SMILES string of the molecule is [CH2-]C#N.[CH2-]C#N.[Cl-].[Cl-].[Pd+2]. The van der Waals surface area contributed by atoms with Gasteiger partial charge in [0.15, 0.2) is 0 Å². The summed E-state index contributed by atoms with van der Waals surface area (Å²) in [7, 11) is 0. The van der Waals surface area contributed by atoms with Gasteiger partial charge in [0.05, 0.1) is 0 Å². The summed E-state index contributed by atoms with van der Waals surface area (Å²) >= 11 is 0. The van der Waals surface area contributed by atoms with Crippen LogP contribution < -0.4 is 24.8 Å². The van der Waals surface area contributed by atoms with Crippen LogP contribution >= 0.6 is 0 Å². The molecule has 0 amide bonds. The minimum atomic E-state index is 0. The van der Waals surface area contributed by atoms with Gasteiger partial charge in [-0.1, -0.05) is 0 Å². The van der Waals surface area contributed by atoms with Gasteiger partial charge >= 0.3 is 20.4 Å². The zero-order chi connectivity index (χ0) is 5.41. The van der Waals surface area contributed by atoms with Crippen molar-refractivity contribution in [1.82, 2.24) is 0 Å². The molecule has 0 N–H and O–H groups in total. The largest absolute Gasteiger partial charge is 2.00 e. The first kappa shape index (κ1) is 36.2. The molecular formula is C4H4Cl2N2Pd-2. The van der Waals surface area contributed by atoms with E-state index in [0.717, 1.165) is 0 Å². The number of halogens is 2. The van der Waals surface area contributed by atoms with Crippen LogP contribution in [0.2, 0.25) is 0 Å². The fraction of sp³-hybridized carbons (Fsp3) is 0. The van der Waals surface area contributed by atoms with Crippen molar-refractivity contribution in [1.29, 1.82) is 10.5 Å². The Morgan fingerprint density at radius 3 is 0.889 bits per heavy atom. The van der Waals surface area contributed by atoms with Gasteiger partial charge in [-0.05, 0) is 0 Å². The molecule has 0 bridgehead atoms. The van der Waals surface area contributed by atoms with E-state index in [2.05, 4.69) is 13.8 Å². The van der Waals surface area contributed by atoms with Crippen molar-refractivity contribution in [3.8, 4) is 12.1 Å². The fourth-order valence-electron chi connectivity index (χ4n) is 0. The first-order chi connectivity index (χ1) is 2.83. The monoisotopic (exact) mass is 256 g/mol. The molecule has 0 saturated heterocycles. The third-order valence-electron chi connectivity index (χ3n) is 0. The maximum Gasteiger partial charge on any atom is 2.00 e. The van der Waals surface area contributed by atoms with Crippen LogP contribution in [0.3, 0.4) is 0 Å². The average Bonchev–Trinajstić information content (AvgIpc) is 1.39. The number of rotatable bonds is 0. The van der Waals surface area contributed by atoms with E-state index in [-0.39, 0.29) is 45.2 Å². The van der Waals surface area contributed by atoms with Gasteiger partial charge in [0.1, 0.15) is 0 Å².